The summed E-state index contributed by atoms with van der Waals surface area (Å²) in [7, 11) is 0. The van der Waals surface area contributed by atoms with Crippen LogP contribution in [0.15, 0.2) is 42.5 Å². The second-order valence-corrected chi connectivity index (χ2v) is 9.08. The monoisotopic (exact) mass is 471 g/mol. The summed E-state index contributed by atoms with van der Waals surface area (Å²) in [6, 6.07) is 10.1. The number of anilines is 2. The highest BCUT2D eigenvalue weighted by molar-refractivity contribution is 6.31. The van der Waals surface area contributed by atoms with E-state index in [9.17, 15) is 18.8 Å². The van der Waals surface area contributed by atoms with Crippen LogP contribution in [0.3, 0.4) is 0 Å². The van der Waals surface area contributed by atoms with Crippen molar-refractivity contribution in [1.82, 2.24) is 10.3 Å². The quantitative estimate of drug-likeness (QED) is 0.620. The molecule has 5 rings (SSSR count). The number of likely N-dealkylation sites (tertiary alicyclic amines) is 1. The molecular weight excluding hydrogens is 449 g/mol. The molecule has 3 amide bonds. The van der Waals surface area contributed by atoms with Crippen molar-refractivity contribution in [1.29, 1.82) is 0 Å². The normalized spacial score (nSPS) is 25.3. The topological polar surface area (TPSA) is 108 Å². The number of primary amides is 1. The zero-order chi connectivity index (χ0) is 23.3. The number of benzene rings is 2. The van der Waals surface area contributed by atoms with E-state index in [0.29, 0.717) is 11.3 Å². The molecule has 1 saturated carbocycles. The number of halogens is 2. The van der Waals surface area contributed by atoms with Crippen molar-refractivity contribution >= 4 is 40.7 Å². The lowest BCUT2D eigenvalue weighted by Gasteiger charge is -2.35. The number of nitrogens with two attached hydrogens (primary N) is 1. The zero-order valence-electron chi connectivity index (χ0n) is 17.6. The molecule has 0 radical (unpaired) electrons. The number of carbonyl (C=O) groups is 3. The Morgan fingerprint density at radius 3 is 2.73 bits per heavy atom. The number of nitrogens with one attached hydrogen (secondary N) is 2. The molecule has 2 heterocycles. The molecule has 2 fully saturated rings. The van der Waals surface area contributed by atoms with Crippen LogP contribution < -0.4 is 21.5 Å². The van der Waals surface area contributed by atoms with Crippen molar-refractivity contribution in [2.75, 3.05) is 16.9 Å². The number of hydrazine groups is 1. The second kappa shape index (κ2) is 8.31. The number of rotatable bonds is 5. The summed E-state index contributed by atoms with van der Waals surface area (Å²) in [4.78, 5) is 40.1. The summed E-state index contributed by atoms with van der Waals surface area (Å²) < 4.78 is 14.3. The van der Waals surface area contributed by atoms with Gasteiger partial charge in [-0.1, -0.05) is 35.9 Å². The van der Waals surface area contributed by atoms with Crippen molar-refractivity contribution in [2.45, 2.75) is 37.4 Å². The third-order valence-corrected chi connectivity index (χ3v) is 7.04. The summed E-state index contributed by atoms with van der Waals surface area (Å²) in [5.74, 6) is -1.91. The highest BCUT2D eigenvalue weighted by Crippen LogP contribution is 2.43. The van der Waals surface area contributed by atoms with Crippen LogP contribution in [0.2, 0.25) is 5.02 Å². The van der Waals surface area contributed by atoms with Gasteiger partial charge in [-0.05, 0) is 43.4 Å². The fourth-order valence-electron chi connectivity index (χ4n) is 5.33. The first-order chi connectivity index (χ1) is 15.8. The van der Waals surface area contributed by atoms with Gasteiger partial charge >= 0.3 is 0 Å². The first-order valence-corrected chi connectivity index (χ1v) is 11.2. The van der Waals surface area contributed by atoms with E-state index in [1.807, 2.05) is 6.07 Å². The van der Waals surface area contributed by atoms with Crippen LogP contribution in [0, 0.1) is 11.7 Å². The molecule has 1 saturated heterocycles. The largest absolute Gasteiger partial charge is 0.368 e. The highest BCUT2D eigenvalue weighted by atomic mass is 35.5. The average molecular weight is 472 g/mol. The highest BCUT2D eigenvalue weighted by Gasteiger charge is 2.51. The van der Waals surface area contributed by atoms with Gasteiger partial charge in [-0.15, -0.1) is 0 Å². The number of carbonyl (C=O) groups excluding carboxylic acids is 3. The van der Waals surface area contributed by atoms with E-state index in [-0.39, 0.29) is 35.1 Å². The number of hydrogen-bond acceptors (Lipinski definition) is 5. The van der Waals surface area contributed by atoms with Crippen LogP contribution in [-0.4, -0.2) is 41.2 Å². The molecule has 2 aliphatic heterocycles. The number of hydrogen-bond donors (Lipinski definition) is 3. The Morgan fingerprint density at radius 2 is 1.94 bits per heavy atom. The Balaban J connectivity index is 1.36. The predicted octanol–water partition coefficient (Wildman–Crippen LogP) is 2.35. The predicted molar refractivity (Wildman–Crippen MR) is 121 cm³/mol. The Morgan fingerprint density at radius 1 is 1.15 bits per heavy atom. The van der Waals surface area contributed by atoms with Gasteiger partial charge in [0.25, 0.3) is 0 Å². The number of nitrogens with zero attached hydrogens (tertiary/aromatic N) is 2. The summed E-state index contributed by atoms with van der Waals surface area (Å²) in [5.41, 5.74) is 9.90. The molecule has 3 aliphatic rings. The lowest BCUT2D eigenvalue weighted by molar-refractivity contribution is -0.139. The summed E-state index contributed by atoms with van der Waals surface area (Å²) in [6.45, 7) is -0.0701. The van der Waals surface area contributed by atoms with Crippen LogP contribution in [0.25, 0.3) is 0 Å². The molecule has 10 heteroatoms. The number of amides is 3. The van der Waals surface area contributed by atoms with Gasteiger partial charge in [0.2, 0.25) is 17.7 Å². The molecule has 1 aliphatic carbocycles. The molecule has 4 N–H and O–H groups in total. The molecule has 8 nitrogen and oxygen atoms in total. The van der Waals surface area contributed by atoms with E-state index < -0.39 is 29.7 Å². The summed E-state index contributed by atoms with van der Waals surface area (Å²) in [5, 5.41) is 4.13. The molecule has 4 atom stereocenters. The van der Waals surface area contributed by atoms with Gasteiger partial charge in [0.05, 0.1) is 16.4 Å². The minimum Gasteiger partial charge on any atom is -0.368 e. The van der Waals surface area contributed by atoms with Crippen molar-refractivity contribution in [3.05, 3.63) is 58.9 Å². The van der Waals surface area contributed by atoms with Crippen LogP contribution >= 0.6 is 11.6 Å². The van der Waals surface area contributed by atoms with Gasteiger partial charge in [0.1, 0.15) is 18.6 Å². The van der Waals surface area contributed by atoms with Gasteiger partial charge in [0.15, 0.2) is 5.82 Å². The fourth-order valence-corrected chi connectivity index (χ4v) is 5.50. The Hall–Kier alpha value is -3.17. The van der Waals surface area contributed by atoms with Crippen LogP contribution in [0.1, 0.15) is 30.9 Å². The lowest BCUT2D eigenvalue weighted by Crippen LogP contribution is -2.54. The number of para-hydroxylation sites is 1. The number of piperidine rings is 1. The van der Waals surface area contributed by atoms with E-state index >= 15 is 0 Å². The first kappa shape index (κ1) is 21.7. The molecule has 33 heavy (non-hydrogen) atoms. The van der Waals surface area contributed by atoms with Gasteiger partial charge in [0, 0.05) is 11.6 Å². The second-order valence-electron chi connectivity index (χ2n) is 8.67. The van der Waals surface area contributed by atoms with Crippen LogP contribution in [0.4, 0.5) is 15.8 Å². The molecule has 2 bridgehead atoms. The molecule has 0 aromatic heterocycles. The Labute approximate surface area is 194 Å². The minimum absolute atomic E-state index is 0.0119. The van der Waals surface area contributed by atoms with E-state index in [4.69, 9.17) is 17.3 Å². The smallest absolute Gasteiger partial charge is 0.247 e. The first-order valence-electron chi connectivity index (χ1n) is 10.8. The minimum atomic E-state index is -0.728. The van der Waals surface area contributed by atoms with Crippen molar-refractivity contribution in [3.63, 3.8) is 0 Å². The molecule has 172 valence electrons. The Kier molecular flexibility index (Phi) is 5.46. The Bertz CT molecular complexity index is 1140. The van der Waals surface area contributed by atoms with Crippen molar-refractivity contribution in [2.24, 2.45) is 11.7 Å². The van der Waals surface area contributed by atoms with Crippen LogP contribution in [-0.2, 0) is 14.4 Å². The van der Waals surface area contributed by atoms with Gasteiger partial charge < -0.3 is 16.0 Å². The van der Waals surface area contributed by atoms with Gasteiger partial charge in [-0.3, -0.25) is 19.4 Å². The van der Waals surface area contributed by atoms with Crippen LogP contribution in [0.5, 0.6) is 0 Å². The molecule has 2 aromatic carbocycles. The van der Waals surface area contributed by atoms with Gasteiger partial charge in [-0.25, -0.2) is 9.82 Å². The maximum Gasteiger partial charge on any atom is 0.247 e. The molecule has 1 unspecified atom stereocenters. The van der Waals surface area contributed by atoms with E-state index in [1.165, 1.54) is 12.1 Å². The van der Waals surface area contributed by atoms with E-state index in [1.54, 1.807) is 34.2 Å². The zero-order valence-corrected chi connectivity index (χ0v) is 18.4. The molecule has 2 aromatic rings. The average Bonchev–Trinajstić information content (AvgIpc) is 3.50. The van der Waals surface area contributed by atoms with Gasteiger partial charge in [-0.2, -0.15) is 0 Å². The van der Waals surface area contributed by atoms with Crippen molar-refractivity contribution in [3.8, 4) is 0 Å². The third-order valence-electron chi connectivity index (χ3n) is 6.75. The number of fused-ring (bicyclic) bond motifs is 3. The summed E-state index contributed by atoms with van der Waals surface area (Å²) >= 11 is 5.83. The standard InChI is InChI=1S/C23H23ClFN5O3/c24-15-5-3-6-16(19(15)25)27-23(33)21-12-8-9-13(10-12)30(21)18(31)11-29-17-7-2-1-4-14(17)20(28-29)22(26)32/h1-7,12-13,20-21,28H,8-11H2,(H2,26,32)(H,27,33)/t12-,13+,20?,21-/m0/s1. The third kappa shape index (κ3) is 3.71. The SMILES string of the molecule is NC(=O)C1NN(CC(=O)N2[C@@H]3CC[C@@H](C3)[C@H]2C(=O)Nc2cccc(Cl)c2F)c2ccccc21. The lowest BCUT2D eigenvalue weighted by atomic mass is 9.97. The van der Waals surface area contributed by atoms with E-state index in [2.05, 4.69) is 10.7 Å². The van der Waals surface area contributed by atoms with Crippen molar-refractivity contribution < 1.29 is 18.8 Å². The summed E-state index contributed by atoms with van der Waals surface area (Å²) in [6.07, 6.45) is 2.38. The fraction of sp³-hybridized carbons (Fsp3) is 0.348. The molecule has 0 spiro atoms. The molecular formula is C23H23ClFN5O3. The maximum atomic E-state index is 14.3. The van der Waals surface area contributed by atoms with E-state index in [0.717, 1.165) is 19.3 Å². The maximum absolute atomic E-state index is 14.3.